The number of pyridine rings is 1. The molecule has 0 aliphatic carbocycles. The number of anilines is 1. The Morgan fingerprint density at radius 3 is 2.40 bits per heavy atom. The number of carbonyl (C=O) groups excluding carboxylic acids is 2. The molecule has 0 atom stereocenters. The second kappa shape index (κ2) is 8.97. The molecule has 0 aliphatic heterocycles. The minimum atomic E-state index is -0.576. The number of nitrogens with one attached hydrogen (secondary N) is 1. The Balaban J connectivity index is 1.96. The Labute approximate surface area is 179 Å². The van der Waals surface area contributed by atoms with Crippen LogP contribution in [0.1, 0.15) is 34.1 Å². The lowest BCUT2D eigenvalue weighted by molar-refractivity contribution is -0.131. The highest BCUT2D eigenvalue weighted by atomic mass is 35.5. The number of halogens is 1. The van der Waals surface area contributed by atoms with Crippen LogP contribution < -0.4 is 15.6 Å². The summed E-state index contributed by atoms with van der Waals surface area (Å²) in [7, 11) is 0. The van der Waals surface area contributed by atoms with Crippen molar-refractivity contribution in [2.75, 3.05) is 5.32 Å². The van der Waals surface area contributed by atoms with Crippen molar-refractivity contribution >= 4 is 29.2 Å². The molecule has 3 rings (SSSR count). The number of rotatable bonds is 5. The van der Waals surface area contributed by atoms with Gasteiger partial charge in [-0.1, -0.05) is 35.9 Å². The van der Waals surface area contributed by atoms with Gasteiger partial charge in [0.05, 0.1) is 12.2 Å². The average molecular weight is 425 g/mol. The number of hydrogen-bond acceptors (Lipinski definition) is 4. The first kappa shape index (κ1) is 21.3. The van der Waals surface area contributed by atoms with Crippen LogP contribution in [0.5, 0.6) is 5.75 Å². The molecule has 0 aliphatic rings. The smallest absolute Gasteiger partial charge is 0.308 e. The first-order chi connectivity index (χ1) is 14.3. The van der Waals surface area contributed by atoms with E-state index in [1.807, 2.05) is 26.0 Å². The summed E-state index contributed by atoms with van der Waals surface area (Å²) in [5, 5.41) is 3.28. The summed E-state index contributed by atoms with van der Waals surface area (Å²) < 4.78 is 6.68. The van der Waals surface area contributed by atoms with E-state index in [1.165, 1.54) is 6.92 Å². The maximum atomic E-state index is 13.1. The van der Waals surface area contributed by atoms with Crippen molar-refractivity contribution in [2.45, 2.75) is 27.3 Å². The van der Waals surface area contributed by atoms with Crippen molar-refractivity contribution in [3.63, 3.8) is 0 Å². The van der Waals surface area contributed by atoms with Crippen LogP contribution in [0.25, 0.3) is 0 Å². The Kier molecular flexibility index (Phi) is 6.37. The van der Waals surface area contributed by atoms with E-state index in [0.29, 0.717) is 17.3 Å². The lowest BCUT2D eigenvalue weighted by Crippen LogP contribution is -2.31. The molecule has 1 aromatic heterocycles. The van der Waals surface area contributed by atoms with Gasteiger partial charge in [-0.2, -0.15) is 0 Å². The van der Waals surface area contributed by atoms with Gasteiger partial charge in [-0.25, -0.2) is 0 Å². The Hall–Kier alpha value is -3.38. The molecule has 0 unspecified atom stereocenters. The standard InChI is InChI=1S/C23H21ClN2O4/c1-14-12-19(22(28)25-20-6-4-5-7-21(20)30-16(3)27)23(29)26(15(14)2)13-17-8-10-18(24)11-9-17/h4-12H,13H2,1-3H3,(H,25,28). The van der Waals surface area contributed by atoms with Crippen LogP contribution in [0, 0.1) is 13.8 Å². The molecule has 1 amide bonds. The van der Waals surface area contributed by atoms with E-state index in [-0.39, 0.29) is 11.3 Å². The van der Waals surface area contributed by atoms with Gasteiger partial charge >= 0.3 is 5.97 Å². The van der Waals surface area contributed by atoms with Gasteiger partial charge in [0.25, 0.3) is 11.5 Å². The van der Waals surface area contributed by atoms with Gasteiger partial charge in [-0.15, -0.1) is 0 Å². The highest BCUT2D eigenvalue weighted by molar-refractivity contribution is 6.30. The molecular formula is C23H21ClN2O4. The third-order valence-electron chi connectivity index (χ3n) is 4.70. The highest BCUT2D eigenvalue weighted by Gasteiger charge is 2.18. The molecule has 0 saturated carbocycles. The molecule has 2 aromatic carbocycles. The third kappa shape index (κ3) is 4.78. The fraction of sp³-hybridized carbons (Fsp3) is 0.174. The molecular weight excluding hydrogens is 404 g/mol. The normalized spacial score (nSPS) is 10.5. The highest BCUT2D eigenvalue weighted by Crippen LogP contribution is 2.24. The van der Waals surface area contributed by atoms with Crippen molar-refractivity contribution in [1.82, 2.24) is 4.57 Å². The number of aromatic nitrogens is 1. The third-order valence-corrected chi connectivity index (χ3v) is 4.95. The van der Waals surface area contributed by atoms with Crippen LogP contribution in [-0.4, -0.2) is 16.4 Å². The Morgan fingerprint density at radius 2 is 1.73 bits per heavy atom. The van der Waals surface area contributed by atoms with E-state index in [9.17, 15) is 14.4 Å². The number of hydrogen-bond donors (Lipinski definition) is 1. The van der Waals surface area contributed by atoms with Crippen molar-refractivity contribution < 1.29 is 14.3 Å². The van der Waals surface area contributed by atoms with Gasteiger partial charge in [0, 0.05) is 17.6 Å². The monoisotopic (exact) mass is 424 g/mol. The van der Waals surface area contributed by atoms with Gasteiger partial charge in [0.1, 0.15) is 5.56 Å². The second-order valence-corrected chi connectivity index (χ2v) is 7.32. The van der Waals surface area contributed by atoms with Gasteiger partial charge in [0.2, 0.25) is 0 Å². The van der Waals surface area contributed by atoms with Crippen molar-refractivity contribution in [3.8, 4) is 5.75 Å². The number of carbonyl (C=O) groups is 2. The number of para-hydroxylation sites is 2. The SMILES string of the molecule is CC(=O)Oc1ccccc1NC(=O)c1cc(C)c(C)n(Cc2ccc(Cl)cc2)c1=O. The Morgan fingerprint density at radius 1 is 1.07 bits per heavy atom. The summed E-state index contributed by atoms with van der Waals surface area (Å²) in [5.41, 5.74) is 2.37. The van der Waals surface area contributed by atoms with Crippen LogP contribution in [0.2, 0.25) is 5.02 Å². The van der Waals surface area contributed by atoms with Crippen LogP contribution in [0.4, 0.5) is 5.69 Å². The summed E-state index contributed by atoms with van der Waals surface area (Å²) in [6.45, 7) is 5.27. The lowest BCUT2D eigenvalue weighted by Gasteiger charge is -2.16. The number of aryl methyl sites for hydroxylation is 1. The largest absolute Gasteiger partial charge is 0.424 e. The number of benzene rings is 2. The van der Waals surface area contributed by atoms with Crippen LogP contribution in [-0.2, 0) is 11.3 Å². The van der Waals surface area contributed by atoms with E-state index in [1.54, 1.807) is 47.0 Å². The zero-order chi connectivity index (χ0) is 21.8. The minimum absolute atomic E-state index is 0.00434. The first-order valence-electron chi connectivity index (χ1n) is 9.30. The molecule has 3 aromatic rings. The van der Waals surface area contributed by atoms with Gasteiger partial charge in [0.15, 0.2) is 5.75 Å². The average Bonchev–Trinajstić information content (AvgIpc) is 2.70. The van der Waals surface area contributed by atoms with E-state index in [0.717, 1.165) is 16.8 Å². The molecule has 0 fully saturated rings. The topological polar surface area (TPSA) is 77.4 Å². The fourth-order valence-corrected chi connectivity index (χ4v) is 3.15. The molecule has 0 spiro atoms. The van der Waals surface area contributed by atoms with Crippen molar-refractivity contribution in [2.24, 2.45) is 0 Å². The molecule has 0 saturated heterocycles. The maximum absolute atomic E-state index is 13.1. The predicted molar refractivity (Wildman–Crippen MR) is 116 cm³/mol. The van der Waals surface area contributed by atoms with E-state index in [4.69, 9.17) is 16.3 Å². The van der Waals surface area contributed by atoms with Crippen LogP contribution in [0.15, 0.2) is 59.4 Å². The molecule has 6 nitrogen and oxygen atoms in total. The van der Waals surface area contributed by atoms with E-state index < -0.39 is 17.4 Å². The number of ether oxygens (including phenoxy) is 1. The zero-order valence-electron chi connectivity index (χ0n) is 16.9. The summed E-state index contributed by atoms with van der Waals surface area (Å²) >= 11 is 5.94. The lowest BCUT2D eigenvalue weighted by atomic mass is 10.1. The predicted octanol–water partition coefficient (Wildman–Crippen LogP) is 4.34. The number of nitrogens with zero attached hydrogens (tertiary/aromatic N) is 1. The van der Waals surface area contributed by atoms with Crippen molar-refractivity contribution in [1.29, 1.82) is 0 Å². The van der Waals surface area contributed by atoms with Crippen LogP contribution in [0.3, 0.4) is 0 Å². The molecule has 0 bridgehead atoms. The second-order valence-electron chi connectivity index (χ2n) is 6.89. The Bertz CT molecular complexity index is 1170. The first-order valence-corrected chi connectivity index (χ1v) is 9.68. The van der Waals surface area contributed by atoms with E-state index in [2.05, 4.69) is 5.32 Å². The van der Waals surface area contributed by atoms with E-state index >= 15 is 0 Å². The summed E-state index contributed by atoms with van der Waals surface area (Å²) in [4.78, 5) is 37.3. The fourth-order valence-electron chi connectivity index (χ4n) is 3.02. The molecule has 1 N–H and O–H groups in total. The summed E-state index contributed by atoms with van der Waals surface area (Å²) in [5.74, 6) is -0.871. The molecule has 154 valence electrons. The number of esters is 1. The molecule has 30 heavy (non-hydrogen) atoms. The molecule has 1 heterocycles. The van der Waals surface area contributed by atoms with Gasteiger partial charge in [-0.05, 0) is 55.3 Å². The summed E-state index contributed by atoms with van der Waals surface area (Å²) in [6.07, 6.45) is 0. The molecule has 7 heteroatoms. The van der Waals surface area contributed by atoms with Gasteiger partial charge in [-0.3, -0.25) is 14.4 Å². The number of amides is 1. The zero-order valence-corrected chi connectivity index (χ0v) is 17.6. The van der Waals surface area contributed by atoms with Crippen molar-refractivity contribution in [3.05, 3.63) is 92.4 Å². The molecule has 0 radical (unpaired) electrons. The maximum Gasteiger partial charge on any atom is 0.308 e. The minimum Gasteiger partial charge on any atom is -0.424 e. The van der Waals surface area contributed by atoms with Crippen LogP contribution >= 0.6 is 11.6 Å². The summed E-state index contributed by atoms with van der Waals surface area (Å²) in [6, 6.07) is 15.3. The van der Waals surface area contributed by atoms with Gasteiger partial charge < -0.3 is 14.6 Å². The quantitative estimate of drug-likeness (QED) is 0.488.